The maximum absolute atomic E-state index is 13.7. The second-order valence-electron chi connectivity index (χ2n) is 8.51. The molecule has 1 saturated heterocycles. The number of hydrogen-bond acceptors (Lipinski definition) is 3. The molecule has 1 aliphatic carbocycles. The lowest BCUT2D eigenvalue weighted by Gasteiger charge is -2.32. The lowest BCUT2D eigenvalue weighted by Crippen LogP contribution is -2.43. The molecule has 0 bridgehead atoms. The van der Waals surface area contributed by atoms with Gasteiger partial charge in [-0.15, -0.1) is 4.31 Å². The fourth-order valence-corrected chi connectivity index (χ4v) is 6.09. The Hall–Kier alpha value is -1.53. The second kappa shape index (κ2) is 7.31. The first-order chi connectivity index (χ1) is 14.0. The van der Waals surface area contributed by atoms with Crippen LogP contribution in [-0.4, -0.2) is 40.7 Å². The number of piperidine rings is 1. The number of amides is 1. The van der Waals surface area contributed by atoms with Gasteiger partial charge in [0.15, 0.2) is 0 Å². The van der Waals surface area contributed by atoms with Gasteiger partial charge in [-0.05, 0) is 54.5 Å². The van der Waals surface area contributed by atoms with Crippen LogP contribution in [-0.2, 0) is 21.6 Å². The maximum Gasteiger partial charge on any atom is 0.238 e. The van der Waals surface area contributed by atoms with E-state index in [4.69, 9.17) is 11.6 Å². The van der Waals surface area contributed by atoms with E-state index < -0.39 is 16.8 Å². The number of halogens is 1. The van der Waals surface area contributed by atoms with Crippen molar-refractivity contribution in [2.75, 3.05) is 30.8 Å². The van der Waals surface area contributed by atoms with E-state index in [0.717, 1.165) is 49.6 Å². The summed E-state index contributed by atoms with van der Waals surface area (Å²) in [5.74, 6) is 0.928. The fraction of sp³-hybridized carbons (Fsp3) is 0.435. The molecule has 0 N–H and O–H groups in total. The molecule has 2 aliphatic heterocycles. The van der Waals surface area contributed by atoms with Crippen molar-refractivity contribution in [1.29, 1.82) is 0 Å². The van der Waals surface area contributed by atoms with Crippen LogP contribution in [0.15, 0.2) is 48.5 Å². The molecular weight excluding hydrogens is 404 g/mol. The highest BCUT2D eigenvalue weighted by Gasteiger charge is 2.67. The summed E-state index contributed by atoms with van der Waals surface area (Å²) in [7, 11) is 0. The molecule has 4 nitrogen and oxygen atoms in total. The van der Waals surface area contributed by atoms with Gasteiger partial charge in [-0.2, -0.15) is 0 Å². The van der Waals surface area contributed by atoms with E-state index in [2.05, 4.69) is 24.3 Å². The van der Waals surface area contributed by atoms with Gasteiger partial charge in [0, 0.05) is 47.6 Å². The summed E-state index contributed by atoms with van der Waals surface area (Å²) in [6.07, 6.45) is 4.58. The lowest BCUT2D eigenvalue weighted by atomic mass is 9.92. The molecule has 1 saturated carbocycles. The average Bonchev–Trinajstić information content (AvgIpc) is 3.44. The molecule has 6 heteroatoms. The van der Waals surface area contributed by atoms with E-state index in [1.165, 1.54) is 11.1 Å². The van der Waals surface area contributed by atoms with Crippen molar-refractivity contribution >= 4 is 34.6 Å². The van der Waals surface area contributed by atoms with Gasteiger partial charge in [-0.3, -0.25) is 4.79 Å². The number of anilines is 1. The first-order valence-electron chi connectivity index (χ1n) is 10.3. The fourth-order valence-electron chi connectivity index (χ4n) is 5.23. The topological polar surface area (TPSA) is 46.6 Å². The third kappa shape index (κ3) is 3.19. The summed E-state index contributed by atoms with van der Waals surface area (Å²) in [6, 6.07) is 16.2. The third-order valence-corrected chi connectivity index (χ3v) is 8.26. The SMILES string of the molecule is C[S+]([O-])N1CCC(CN2C(=O)[C@]3(C[C@@H]3c3ccc(Cl)cc3)c3ccccc32)CC1. The molecule has 5 rings (SSSR count). The summed E-state index contributed by atoms with van der Waals surface area (Å²) < 4.78 is 13.7. The Morgan fingerprint density at radius 3 is 2.52 bits per heavy atom. The van der Waals surface area contributed by atoms with E-state index in [9.17, 15) is 9.35 Å². The van der Waals surface area contributed by atoms with Crippen LogP contribution in [0, 0.1) is 5.92 Å². The highest BCUT2D eigenvalue weighted by atomic mass is 35.5. The highest BCUT2D eigenvalue weighted by molar-refractivity contribution is 7.88. The first kappa shape index (κ1) is 19.4. The predicted molar refractivity (Wildman–Crippen MR) is 118 cm³/mol. The van der Waals surface area contributed by atoms with Crippen molar-refractivity contribution in [2.24, 2.45) is 5.92 Å². The molecule has 2 heterocycles. The minimum Gasteiger partial charge on any atom is -0.598 e. The van der Waals surface area contributed by atoms with Crippen LogP contribution >= 0.6 is 11.6 Å². The van der Waals surface area contributed by atoms with Crippen LogP contribution in [0.4, 0.5) is 5.69 Å². The molecule has 1 spiro atoms. The van der Waals surface area contributed by atoms with Gasteiger partial charge in [0.2, 0.25) is 5.91 Å². The van der Waals surface area contributed by atoms with Gasteiger partial charge in [0.25, 0.3) is 0 Å². The molecule has 0 aromatic heterocycles. The lowest BCUT2D eigenvalue weighted by molar-refractivity contribution is -0.120. The number of para-hydroxylation sites is 1. The number of carbonyl (C=O) groups excluding carboxylic acids is 1. The molecule has 3 aliphatic rings. The molecule has 0 radical (unpaired) electrons. The van der Waals surface area contributed by atoms with Crippen molar-refractivity contribution in [3.05, 3.63) is 64.7 Å². The van der Waals surface area contributed by atoms with Crippen LogP contribution in [0.5, 0.6) is 0 Å². The molecule has 1 amide bonds. The van der Waals surface area contributed by atoms with Crippen molar-refractivity contribution in [1.82, 2.24) is 4.31 Å². The Bertz CT molecular complexity index is 927. The van der Waals surface area contributed by atoms with E-state index >= 15 is 0 Å². The van der Waals surface area contributed by atoms with E-state index in [0.29, 0.717) is 5.92 Å². The summed E-state index contributed by atoms with van der Waals surface area (Å²) >= 11 is 5.16. The summed E-state index contributed by atoms with van der Waals surface area (Å²) in [5.41, 5.74) is 3.04. The molecule has 2 aromatic carbocycles. The number of fused-ring (bicyclic) bond motifs is 2. The maximum atomic E-state index is 13.7. The normalized spacial score (nSPS) is 28.0. The molecule has 152 valence electrons. The predicted octanol–water partition coefficient (Wildman–Crippen LogP) is 4.12. The van der Waals surface area contributed by atoms with Crippen molar-refractivity contribution in [3.8, 4) is 0 Å². The van der Waals surface area contributed by atoms with Crippen molar-refractivity contribution < 1.29 is 9.35 Å². The number of rotatable bonds is 4. The smallest absolute Gasteiger partial charge is 0.238 e. The Balaban J connectivity index is 1.39. The van der Waals surface area contributed by atoms with E-state index in [1.54, 1.807) is 6.26 Å². The van der Waals surface area contributed by atoms with Gasteiger partial charge >= 0.3 is 0 Å². The van der Waals surface area contributed by atoms with Crippen LogP contribution in [0.1, 0.15) is 36.3 Å². The zero-order valence-electron chi connectivity index (χ0n) is 16.5. The van der Waals surface area contributed by atoms with Crippen LogP contribution < -0.4 is 4.90 Å². The number of hydrogen-bond donors (Lipinski definition) is 0. The largest absolute Gasteiger partial charge is 0.598 e. The van der Waals surface area contributed by atoms with Gasteiger partial charge in [0.1, 0.15) is 6.26 Å². The van der Waals surface area contributed by atoms with E-state index in [1.807, 2.05) is 33.5 Å². The molecule has 2 aromatic rings. The molecule has 29 heavy (non-hydrogen) atoms. The minimum absolute atomic E-state index is 0.225. The number of carbonyl (C=O) groups is 1. The minimum atomic E-state index is -0.901. The van der Waals surface area contributed by atoms with Gasteiger partial charge < -0.3 is 9.45 Å². The zero-order chi connectivity index (χ0) is 20.2. The summed E-state index contributed by atoms with van der Waals surface area (Å²) in [5, 5.41) is 0.725. The average molecular weight is 429 g/mol. The molecule has 2 fully saturated rings. The first-order valence-corrected chi connectivity index (χ1v) is 12.2. The number of benzene rings is 2. The molecule has 3 atom stereocenters. The quantitative estimate of drug-likeness (QED) is 0.688. The van der Waals surface area contributed by atoms with Crippen molar-refractivity contribution in [3.63, 3.8) is 0 Å². The Morgan fingerprint density at radius 2 is 1.83 bits per heavy atom. The Kier molecular flexibility index (Phi) is 4.90. The summed E-state index contributed by atoms with van der Waals surface area (Å²) in [6.45, 7) is 2.45. The second-order valence-corrected chi connectivity index (χ2v) is 10.3. The zero-order valence-corrected chi connectivity index (χ0v) is 18.1. The molecular formula is C23H25ClN2O2S. The van der Waals surface area contributed by atoms with Crippen LogP contribution in [0.2, 0.25) is 5.02 Å². The Morgan fingerprint density at radius 1 is 1.14 bits per heavy atom. The summed E-state index contributed by atoms with van der Waals surface area (Å²) in [4.78, 5) is 15.7. The van der Waals surface area contributed by atoms with Gasteiger partial charge in [0.05, 0.1) is 5.41 Å². The molecule has 1 unspecified atom stereocenters. The Labute approximate surface area is 180 Å². The third-order valence-electron chi connectivity index (χ3n) is 6.91. The van der Waals surface area contributed by atoms with Crippen LogP contribution in [0.3, 0.4) is 0 Å². The van der Waals surface area contributed by atoms with Crippen LogP contribution in [0.25, 0.3) is 0 Å². The van der Waals surface area contributed by atoms with Crippen molar-refractivity contribution in [2.45, 2.75) is 30.6 Å². The van der Waals surface area contributed by atoms with Gasteiger partial charge in [-0.1, -0.05) is 41.9 Å². The standard InChI is InChI=1S/C23H25ClN2O2S/c1-29(28)25-12-10-16(11-13-25)15-26-21-5-3-2-4-19(21)23(22(26)27)14-20(23)17-6-8-18(24)9-7-17/h2-9,16,20H,10-15H2,1H3/t20-,23-,29?/m1/s1. The highest BCUT2D eigenvalue weighted by Crippen LogP contribution is 2.66. The monoisotopic (exact) mass is 428 g/mol. The van der Waals surface area contributed by atoms with Gasteiger partial charge in [-0.25, -0.2) is 0 Å². The van der Waals surface area contributed by atoms with E-state index in [-0.39, 0.29) is 11.8 Å². The number of nitrogens with zero attached hydrogens (tertiary/aromatic N) is 2.